The number of carbonyl (C=O) groups excluding carboxylic acids is 2. The Morgan fingerprint density at radius 2 is 1.49 bits per heavy atom. The van der Waals surface area contributed by atoms with E-state index < -0.39 is 5.60 Å². The lowest BCUT2D eigenvalue weighted by atomic mass is 9.72. The Morgan fingerprint density at radius 3 is 2.05 bits per heavy atom. The monoisotopic (exact) mass is 527 g/mol. The lowest BCUT2D eigenvalue weighted by molar-refractivity contribution is -0.142. The van der Waals surface area contributed by atoms with E-state index in [9.17, 15) is 14.7 Å². The van der Waals surface area contributed by atoms with E-state index in [-0.39, 0.29) is 24.1 Å². The first-order chi connectivity index (χ1) is 18.8. The van der Waals surface area contributed by atoms with E-state index in [1.54, 1.807) is 6.92 Å². The van der Waals surface area contributed by atoms with E-state index in [1.165, 1.54) is 0 Å². The fraction of sp³-hybridized carbons (Fsp3) is 0.412. The van der Waals surface area contributed by atoms with E-state index in [2.05, 4.69) is 4.90 Å². The number of nitrogens with zero attached hydrogens (tertiary/aromatic N) is 1. The summed E-state index contributed by atoms with van der Waals surface area (Å²) in [6.07, 6.45) is 3.32. The Bertz CT molecular complexity index is 1210. The largest absolute Gasteiger partial charge is 0.466 e. The third kappa shape index (κ3) is 6.66. The van der Waals surface area contributed by atoms with Crippen LogP contribution in [0.5, 0.6) is 0 Å². The van der Waals surface area contributed by atoms with Crippen LogP contribution in [-0.4, -0.2) is 48.0 Å². The Hall–Kier alpha value is -3.28. The van der Waals surface area contributed by atoms with Crippen molar-refractivity contribution < 1.29 is 19.4 Å². The number of esters is 1. The van der Waals surface area contributed by atoms with Crippen molar-refractivity contribution in [1.82, 2.24) is 4.90 Å². The molecule has 1 aliphatic rings. The van der Waals surface area contributed by atoms with Gasteiger partial charge in [-0.2, -0.15) is 0 Å². The summed E-state index contributed by atoms with van der Waals surface area (Å²) in [5.41, 5.74) is 4.47. The van der Waals surface area contributed by atoms with E-state index >= 15 is 0 Å². The molecule has 0 bridgehead atoms. The molecule has 1 aliphatic heterocycles. The maximum Gasteiger partial charge on any atom is 0.310 e. The lowest BCUT2D eigenvalue weighted by Crippen LogP contribution is -2.44. The van der Waals surface area contributed by atoms with Crippen molar-refractivity contribution in [2.75, 3.05) is 26.2 Å². The Labute approximate surface area is 232 Å². The number of carbonyl (C=O) groups is 2. The fourth-order valence-electron chi connectivity index (χ4n) is 5.93. The minimum Gasteiger partial charge on any atom is -0.466 e. The molecule has 5 nitrogen and oxygen atoms in total. The van der Waals surface area contributed by atoms with Crippen LogP contribution in [0.1, 0.15) is 70.8 Å². The highest BCUT2D eigenvalue weighted by atomic mass is 16.5. The predicted octanol–water partition coefficient (Wildman–Crippen LogP) is 6.02. The van der Waals surface area contributed by atoms with Gasteiger partial charge in [-0.25, -0.2) is 0 Å². The van der Waals surface area contributed by atoms with Gasteiger partial charge in [-0.3, -0.25) is 9.59 Å². The quantitative estimate of drug-likeness (QED) is 0.244. The SMILES string of the molecule is CCOC(=O)Cc1ccc(C(=O)CCCN2CCC(C(O)(c3ccccc3)c3ccccc3)CC2)c(C)c1C. The van der Waals surface area contributed by atoms with Crippen LogP contribution >= 0.6 is 0 Å². The highest BCUT2D eigenvalue weighted by molar-refractivity contribution is 5.98. The van der Waals surface area contributed by atoms with Crippen LogP contribution < -0.4 is 0 Å². The molecule has 0 unspecified atom stereocenters. The smallest absolute Gasteiger partial charge is 0.310 e. The molecule has 1 heterocycles. The zero-order valence-corrected chi connectivity index (χ0v) is 23.5. The molecule has 1 saturated heterocycles. The fourth-order valence-corrected chi connectivity index (χ4v) is 5.93. The third-order valence-corrected chi connectivity index (χ3v) is 8.32. The molecule has 1 fully saturated rings. The van der Waals surface area contributed by atoms with Crippen LogP contribution in [0.2, 0.25) is 0 Å². The summed E-state index contributed by atoms with van der Waals surface area (Å²) in [6, 6.07) is 23.8. The normalized spacial score (nSPS) is 14.8. The van der Waals surface area contributed by atoms with Crippen LogP contribution in [0.25, 0.3) is 0 Å². The minimum atomic E-state index is -1.01. The van der Waals surface area contributed by atoms with E-state index in [0.717, 1.165) is 72.3 Å². The van der Waals surface area contributed by atoms with Crippen LogP contribution in [0.3, 0.4) is 0 Å². The zero-order valence-electron chi connectivity index (χ0n) is 23.5. The van der Waals surface area contributed by atoms with Gasteiger partial charge >= 0.3 is 5.97 Å². The molecule has 0 aromatic heterocycles. The van der Waals surface area contributed by atoms with Crippen LogP contribution in [0.4, 0.5) is 0 Å². The van der Waals surface area contributed by atoms with Crippen molar-refractivity contribution in [3.05, 3.63) is 106 Å². The van der Waals surface area contributed by atoms with Gasteiger partial charge in [0.05, 0.1) is 13.0 Å². The minimum absolute atomic E-state index is 0.124. The molecule has 0 aliphatic carbocycles. The molecule has 5 heteroatoms. The molecule has 1 N–H and O–H groups in total. The standard InChI is InChI=1S/C34H41NO4/c1-4-39-33(37)24-27-17-18-31(26(3)25(27)2)32(36)16-11-21-35-22-19-30(20-23-35)34(38,28-12-7-5-8-13-28)29-14-9-6-10-15-29/h5-10,12-15,17-18,30,38H,4,11,16,19-24H2,1-3H3. The first-order valence-corrected chi connectivity index (χ1v) is 14.2. The molecule has 0 radical (unpaired) electrons. The summed E-state index contributed by atoms with van der Waals surface area (Å²) >= 11 is 0. The number of hydrogen-bond donors (Lipinski definition) is 1. The molecular formula is C34H41NO4. The van der Waals surface area contributed by atoms with E-state index in [0.29, 0.717) is 13.0 Å². The first-order valence-electron chi connectivity index (χ1n) is 14.2. The van der Waals surface area contributed by atoms with Crippen molar-refractivity contribution in [3.8, 4) is 0 Å². The number of Topliss-reactive ketones (excluding diaryl/α,β-unsaturated/α-hetero) is 1. The Morgan fingerprint density at radius 1 is 0.897 bits per heavy atom. The summed E-state index contributed by atoms with van der Waals surface area (Å²) in [5, 5.41) is 12.1. The van der Waals surface area contributed by atoms with Gasteiger partial charge in [-0.1, -0.05) is 72.8 Å². The van der Waals surface area contributed by atoms with Gasteiger partial charge in [-0.05, 0) is 93.4 Å². The van der Waals surface area contributed by atoms with Crippen LogP contribution in [0, 0.1) is 19.8 Å². The average Bonchev–Trinajstić information content (AvgIpc) is 2.96. The summed E-state index contributed by atoms with van der Waals surface area (Å²) in [5.74, 6) is 0.0310. The van der Waals surface area contributed by atoms with Crippen molar-refractivity contribution >= 4 is 11.8 Å². The Kier molecular flexibility index (Phi) is 9.71. The van der Waals surface area contributed by atoms with Crippen molar-refractivity contribution in [2.24, 2.45) is 5.92 Å². The predicted molar refractivity (Wildman–Crippen MR) is 155 cm³/mol. The van der Waals surface area contributed by atoms with Crippen LogP contribution in [0.15, 0.2) is 72.8 Å². The maximum absolute atomic E-state index is 13.0. The van der Waals surface area contributed by atoms with Gasteiger partial charge in [-0.15, -0.1) is 0 Å². The highest BCUT2D eigenvalue weighted by Crippen LogP contribution is 2.41. The number of hydrogen-bond acceptors (Lipinski definition) is 5. The van der Waals surface area contributed by atoms with Gasteiger partial charge in [0.2, 0.25) is 0 Å². The van der Waals surface area contributed by atoms with Crippen molar-refractivity contribution in [2.45, 2.75) is 58.5 Å². The number of rotatable bonds is 11. The summed E-state index contributed by atoms with van der Waals surface area (Å²) in [4.78, 5) is 27.4. The van der Waals surface area contributed by atoms with Crippen LogP contribution in [-0.2, 0) is 21.6 Å². The number of ketones is 1. The van der Waals surface area contributed by atoms with E-state index in [4.69, 9.17) is 4.74 Å². The Balaban J connectivity index is 1.32. The van der Waals surface area contributed by atoms with Gasteiger partial charge in [0.15, 0.2) is 5.78 Å². The second kappa shape index (κ2) is 13.2. The number of ether oxygens (including phenoxy) is 1. The summed E-state index contributed by atoms with van der Waals surface area (Å²) < 4.78 is 5.07. The first kappa shape index (κ1) is 28.7. The molecule has 39 heavy (non-hydrogen) atoms. The van der Waals surface area contributed by atoms with Gasteiger partial charge in [0, 0.05) is 12.0 Å². The summed E-state index contributed by atoms with van der Waals surface area (Å²) in [6.45, 7) is 8.77. The molecule has 0 spiro atoms. The molecule has 3 aromatic carbocycles. The number of piperidine rings is 1. The highest BCUT2D eigenvalue weighted by Gasteiger charge is 2.41. The van der Waals surface area contributed by atoms with Gasteiger partial charge in [0.1, 0.15) is 5.60 Å². The number of benzene rings is 3. The molecular weight excluding hydrogens is 486 g/mol. The molecule has 206 valence electrons. The second-order valence-corrected chi connectivity index (χ2v) is 10.6. The molecule has 4 rings (SSSR count). The van der Waals surface area contributed by atoms with Gasteiger partial charge < -0.3 is 14.7 Å². The molecule has 0 atom stereocenters. The molecule has 0 amide bonds. The van der Waals surface area contributed by atoms with Gasteiger partial charge in [0.25, 0.3) is 0 Å². The number of aliphatic hydroxyl groups is 1. The third-order valence-electron chi connectivity index (χ3n) is 8.32. The van der Waals surface area contributed by atoms with Crippen molar-refractivity contribution in [3.63, 3.8) is 0 Å². The zero-order chi connectivity index (χ0) is 27.8. The summed E-state index contributed by atoms with van der Waals surface area (Å²) in [7, 11) is 0. The second-order valence-electron chi connectivity index (χ2n) is 10.6. The molecule has 3 aromatic rings. The van der Waals surface area contributed by atoms with E-state index in [1.807, 2.05) is 86.6 Å². The molecule has 0 saturated carbocycles. The average molecular weight is 528 g/mol. The number of likely N-dealkylation sites (tertiary alicyclic amines) is 1. The van der Waals surface area contributed by atoms with Crippen molar-refractivity contribution in [1.29, 1.82) is 0 Å². The maximum atomic E-state index is 13.0. The lowest BCUT2D eigenvalue weighted by Gasteiger charge is -2.42. The topological polar surface area (TPSA) is 66.8 Å².